The Morgan fingerprint density at radius 3 is 2.86 bits per heavy atom. The minimum absolute atomic E-state index is 0.0892. The number of halogens is 1. The first-order valence-corrected chi connectivity index (χ1v) is 9.26. The number of nitrogens with zero attached hydrogens (tertiary/aromatic N) is 2. The number of benzene rings is 2. The Bertz CT molecular complexity index is 1220. The molecule has 0 N–H and O–H groups in total. The number of carboxylic acids is 1. The van der Waals surface area contributed by atoms with Crippen molar-refractivity contribution < 1.29 is 19.4 Å². The minimum Gasteiger partial charge on any atom is -0.546 e. The van der Waals surface area contributed by atoms with E-state index in [4.69, 9.17) is 21.1 Å². The van der Waals surface area contributed by atoms with Crippen molar-refractivity contribution in [2.75, 3.05) is 13.7 Å². The second kappa shape index (κ2) is 7.60. The van der Waals surface area contributed by atoms with Crippen LogP contribution in [-0.4, -0.2) is 29.2 Å². The molecule has 2 heterocycles. The summed E-state index contributed by atoms with van der Waals surface area (Å²) in [5, 5.41) is 11.7. The van der Waals surface area contributed by atoms with Gasteiger partial charge in [0.15, 0.2) is 11.5 Å². The highest BCUT2D eigenvalue weighted by atomic mass is 35.5. The summed E-state index contributed by atoms with van der Waals surface area (Å²) in [4.78, 5) is 28.0. The molecular weight excluding hydrogens is 396 g/mol. The standard InChI is InChI=1S/C21H17ClN2O5/c1-28-18-9-12(2-5-17(18)29-11-19(25)26)8-13-6-7-24-20(13)23-16-10-14(22)3-4-15(16)21(24)27/h2-5,8-10H,6-7,11H2,1H3,(H,25,26)/p-1/b13-8+. The summed E-state index contributed by atoms with van der Waals surface area (Å²) in [7, 11) is 1.47. The van der Waals surface area contributed by atoms with E-state index in [0.29, 0.717) is 46.2 Å². The fraction of sp³-hybridized carbons (Fsp3) is 0.190. The van der Waals surface area contributed by atoms with Gasteiger partial charge in [0.2, 0.25) is 0 Å². The van der Waals surface area contributed by atoms with Crippen LogP contribution in [0, 0.1) is 0 Å². The Balaban J connectivity index is 1.73. The number of carbonyl (C=O) groups excluding carboxylic acids is 1. The van der Waals surface area contributed by atoms with E-state index in [9.17, 15) is 14.7 Å². The van der Waals surface area contributed by atoms with Crippen LogP contribution in [0.3, 0.4) is 0 Å². The van der Waals surface area contributed by atoms with E-state index in [1.54, 1.807) is 41.0 Å². The molecule has 3 aromatic rings. The predicted octanol–water partition coefficient (Wildman–Crippen LogP) is 2.13. The van der Waals surface area contributed by atoms with Crippen LogP contribution in [-0.2, 0) is 11.3 Å². The van der Waals surface area contributed by atoms with Crippen LogP contribution in [0.5, 0.6) is 11.5 Å². The summed E-state index contributed by atoms with van der Waals surface area (Å²) in [5.41, 5.74) is 2.19. The number of aromatic nitrogens is 2. The van der Waals surface area contributed by atoms with Crippen LogP contribution in [0.1, 0.15) is 17.8 Å². The molecule has 29 heavy (non-hydrogen) atoms. The third-order valence-corrected chi connectivity index (χ3v) is 4.92. The SMILES string of the molecule is COc1cc(/C=C2\CCn3c2nc2cc(Cl)ccc2c3=O)ccc1OCC(=O)[O-]. The Morgan fingerprint density at radius 2 is 2.10 bits per heavy atom. The van der Waals surface area contributed by atoms with Crippen molar-refractivity contribution >= 4 is 40.1 Å². The number of allylic oxidation sites excluding steroid dienone is 1. The number of aliphatic carboxylic acids is 1. The Labute approximate surface area is 170 Å². The molecule has 1 aliphatic rings. The number of hydrogen-bond acceptors (Lipinski definition) is 6. The van der Waals surface area contributed by atoms with Gasteiger partial charge in [-0.15, -0.1) is 0 Å². The van der Waals surface area contributed by atoms with E-state index < -0.39 is 12.6 Å². The number of carbonyl (C=O) groups is 1. The van der Waals surface area contributed by atoms with E-state index in [1.807, 2.05) is 6.08 Å². The number of ether oxygens (including phenoxy) is 2. The lowest BCUT2D eigenvalue weighted by molar-refractivity contribution is -0.307. The fourth-order valence-electron chi connectivity index (χ4n) is 3.36. The van der Waals surface area contributed by atoms with E-state index in [0.717, 1.165) is 11.1 Å². The van der Waals surface area contributed by atoms with Crippen molar-refractivity contribution in [3.63, 3.8) is 0 Å². The molecule has 0 fully saturated rings. The molecule has 1 aliphatic heterocycles. The van der Waals surface area contributed by atoms with Crippen molar-refractivity contribution in [1.82, 2.24) is 9.55 Å². The van der Waals surface area contributed by atoms with E-state index in [1.165, 1.54) is 7.11 Å². The first kappa shape index (κ1) is 19.0. The molecule has 0 aliphatic carbocycles. The highest BCUT2D eigenvalue weighted by molar-refractivity contribution is 6.31. The van der Waals surface area contributed by atoms with Gasteiger partial charge < -0.3 is 19.4 Å². The van der Waals surface area contributed by atoms with Gasteiger partial charge in [-0.2, -0.15) is 0 Å². The van der Waals surface area contributed by atoms with Crippen LogP contribution in [0.2, 0.25) is 5.02 Å². The monoisotopic (exact) mass is 411 g/mol. The van der Waals surface area contributed by atoms with Crippen LogP contribution >= 0.6 is 11.6 Å². The zero-order valence-electron chi connectivity index (χ0n) is 15.5. The lowest BCUT2D eigenvalue weighted by Gasteiger charge is -2.12. The van der Waals surface area contributed by atoms with Gasteiger partial charge in [0.05, 0.1) is 24.0 Å². The molecule has 1 aromatic heterocycles. The molecule has 0 unspecified atom stereocenters. The van der Waals surface area contributed by atoms with Gasteiger partial charge in [0.1, 0.15) is 12.4 Å². The first-order chi connectivity index (χ1) is 14.0. The lowest BCUT2D eigenvalue weighted by Crippen LogP contribution is -2.29. The lowest BCUT2D eigenvalue weighted by atomic mass is 10.1. The smallest absolute Gasteiger partial charge is 0.261 e. The van der Waals surface area contributed by atoms with Gasteiger partial charge in [0.25, 0.3) is 5.56 Å². The molecule has 0 spiro atoms. The third-order valence-electron chi connectivity index (χ3n) is 4.68. The predicted molar refractivity (Wildman–Crippen MR) is 107 cm³/mol. The molecule has 8 heteroatoms. The van der Waals surface area contributed by atoms with Crippen LogP contribution in [0.4, 0.5) is 0 Å². The van der Waals surface area contributed by atoms with Crippen molar-refractivity contribution in [2.24, 2.45) is 0 Å². The fourth-order valence-corrected chi connectivity index (χ4v) is 3.52. The normalized spacial score (nSPS) is 14.2. The summed E-state index contributed by atoms with van der Waals surface area (Å²) in [6, 6.07) is 10.2. The number of hydrogen-bond donors (Lipinski definition) is 0. The van der Waals surface area contributed by atoms with Gasteiger partial charge in [-0.3, -0.25) is 9.36 Å². The topological polar surface area (TPSA) is 93.5 Å². The number of methoxy groups -OCH3 is 1. The zero-order chi connectivity index (χ0) is 20.5. The second-order valence-electron chi connectivity index (χ2n) is 6.54. The average molecular weight is 412 g/mol. The zero-order valence-corrected chi connectivity index (χ0v) is 16.2. The average Bonchev–Trinajstić information content (AvgIpc) is 3.09. The van der Waals surface area contributed by atoms with E-state index >= 15 is 0 Å². The molecule has 148 valence electrons. The molecular formula is C21H16ClN2O5-. The van der Waals surface area contributed by atoms with Crippen molar-refractivity contribution in [2.45, 2.75) is 13.0 Å². The number of rotatable bonds is 5. The van der Waals surface area contributed by atoms with Gasteiger partial charge in [-0.05, 0) is 54.0 Å². The van der Waals surface area contributed by atoms with E-state index in [2.05, 4.69) is 4.98 Å². The summed E-state index contributed by atoms with van der Waals surface area (Å²) in [6.07, 6.45) is 2.59. The molecule has 0 saturated carbocycles. The van der Waals surface area contributed by atoms with Crippen LogP contribution in [0.15, 0.2) is 41.2 Å². The Morgan fingerprint density at radius 1 is 1.28 bits per heavy atom. The van der Waals surface area contributed by atoms with Crippen molar-refractivity contribution in [1.29, 1.82) is 0 Å². The highest BCUT2D eigenvalue weighted by Gasteiger charge is 2.21. The Hall–Kier alpha value is -3.32. The van der Waals surface area contributed by atoms with Crippen molar-refractivity contribution in [3.05, 3.63) is 63.2 Å². The van der Waals surface area contributed by atoms with Crippen LogP contribution < -0.4 is 20.1 Å². The molecule has 7 nitrogen and oxygen atoms in total. The van der Waals surface area contributed by atoms with Gasteiger partial charge in [-0.25, -0.2) is 4.98 Å². The molecule has 0 atom stereocenters. The highest BCUT2D eigenvalue weighted by Crippen LogP contribution is 2.32. The molecule has 0 bridgehead atoms. The summed E-state index contributed by atoms with van der Waals surface area (Å²) in [6.45, 7) is -0.0118. The summed E-state index contributed by atoms with van der Waals surface area (Å²) >= 11 is 6.05. The van der Waals surface area contributed by atoms with Gasteiger partial charge in [0, 0.05) is 11.6 Å². The first-order valence-electron chi connectivity index (χ1n) is 8.88. The summed E-state index contributed by atoms with van der Waals surface area (Å²) < 4.78 is 12.1. The number of carboxylic acid groups (broad SMARTS) is 1. The maximum absolute atomic E-state index is 12.8. The summed E-state index contributed by atoms with van der Waals surface area (Å²) in [5.74, 6) is 0.000519. The molecule has 2 aromatic carbocycles. The second-order valence-corrected chi connectivity index (χ2v) is 6.98. The van der Waals surface area contributed by atoms with Gasteiger partial charge >= 0.3 is 0 Å². The molecule has 0 saturated heterocycles. The molecule has 0 radical (unpaired) electrons. The quantitative estimate of drug-likeness (QED) is 0.638. The minimum atomic E-state index is -1.32. The third kappa shape index (κ3) is 3.69. The van der Waals surface area contributed by atoms with Crippen molar-refractivity contribution in [3.8, 4) is 11.5 Å². The largest absolute Gasteiger partial charge is 0.546 e. The van der Waals surface area contributed by atoms with E-state index in [-0.39, 0.29) is 5.56 Å². The Kier molecular flexibility index (Phi) is 4.98. The maximum atomic E-state index is 12.8. The maximum Gasteiger partial charge on any atom is 0.261 e. The van der Waals surface area contributed by atoms with Crippen LogP contribution in [0.25, 0.3) is 22.6 Å². The number of fused-ring (bicyclic) bond motifs is 2. The molecule has 4 rings (SSSR count). The van der Waals surface area contributed by atoms with Gasteiger partial charge in [-0.1, -0.05) is 17.7 Å². The molecule has 0 amide bonds.